The summed E-state index contributed by atoms with van der Waals surface area (Å²) >= 11 is 0. The molecule has 0 spiro atoms. The molecule has 2 atom stereocenters. The molecule has 1 saturated heterocycles. The largest absolute Gasteiger partial charge is 0.493 e. The Labute approximate surface area is 147 Å². The summed E-state index contributed by atoms with van der Waals surface area (Å²) in [6.45, 7) is 3.15. The van der Waals surface area contributed by atoms with Crippen molar-refractivity contribution in [3.63, 3.8) is 0 Å². The van der Waals surface area contributed by atoms with E-state index in [2.05, 4.69) is 10.6 Å². The number of fused-ring (bicyclic) bond motifs is 1. The third kappa shape index (κ3) is 4.29. The van der Waals surface area contributed by atoms with E-state index in [0.717, 1.165) is 22.9 Å². The lowest BCUT2D eigenvalue weighted by Gasteiger charge is -2.28. The van der Waals surface area contributed by atoms with Crippen molar-refractivity contribution in [3.8, 4) is 5.75 Å². The third-order valence-electron chi connectivity index (χ3n) is 4.62. The van der Waals surface area contributed by atoms with Gasteiger partial charge in [0.1, 0.15) is 11.8 Å². The normalized spacial score (nSPS) is 20.1. The quantitative estimate of drug-likeness (QED) is 0.795. The van der Waals surface area contributed by atoms with Crippen LogP contribution in [0.1, 0.15) is 26.2 Å². The molecule has 5 nitrogen and oxygen atoms in total. The molecule has 2 amide bonds. The van der Waals surface area contributed by atoms with Crippen LogP contribution in [-0.2, 0) is 9.59 Å². The van der Waals surface area contributed by atoms with E-state index in [0.29, 0.717) is 26.0 Å². The molecule has 1 heterocycles. The highest BCUT2D eigenvalue weighted by Crippen LogP contribution is 2.25. The maximum absolute atomic E-state index is 12.1. The fraction of sp³-hybridized carbons (Fsp3) is 0.400. The summed E-state index contributed by atoms with van der Waals surface area (Å²) in [6, 6.07) is 13.6. The van der Waals surface area contributed by atoms with Gasteiger partial charge in [0, 0.05) is 18.4 Å². The van der Waals surface area contributed by atoms with Crippen LogP contribution in [0.2, 0.25) is 0 Å². The molecule has 3 rings (SSSR count). The highest BCUT2D eigenvalue weighted by atomic mass is 16.5. The first kappa shape index (κ1) is 17.3. The maximum Gasteiger partial charge on any atom is 0.242 e. The molecular formula is C20H24N2O3. The van der Waals surface area contributed by atoms with E-state index in [4.69, 9.17) is 4.74 Å². The van der Waals surface area contributed by atoms with Gasteiger partial charge < -0.3 is 15.4 Å². The second-order valence-electron chi connectivity index (χ2n) is 6.53. The van der Waals surface area contributed by atoms with Crippen molar-refractivity contribution < 1.29 is 14.3 Å². The molecule has 0 radical (unpaired) electrons. The van der Waals surface area contributed by atoms with Gasteiger partial charge in [-0.05, 0) is 30.2 Å². The van der Waals surface area contributed by atoms with Crippen molar-refractivity contribution in [2.24, 2.45) is 5.92 Å². The number of piperidine rings is 1. The monoisotopic (exact) mass is 340 g/mol. The lowest BCUT2D eigenvalue weighted by Crippen LogP contribution is -2.54. The Morgan fingerprint density at radius 1 is 1.24 bits per heavy atom. The molecule has 2 unspecified atom stereocenters. The SMILES string of the molecule is CC1CCNC(=O)C1NC(=O)CCCOc1cccc2ccccc12. The Balaban J connectivity index is 1.46. The van der Waals surface area contributed by atoms with Crippen molar-refractivity contribution in [3.05, 3.63) is 42.5 Å². The van der Waals surface area contributed by atoms with Gasteiger partial charge in [-0.2, -0.15) is 0 Å². The standard InChI is InChI=1S/C20H24N2O3/c1-14-11-12-21-20(24)19(14)22-18(23)10-5-13-25-17-9-4-7-15-6-2-3-8-16(15)17/h2-4,6-9,14,19H,5,10-13H2,1H3,(H,21,24)(H,22,23). The lowest BCUT2D eigenvalue weighted by molar-refractivity contribution is -0.131. The fourth-order valence-electron chi connectivity index (χ4n) is 3.15. The minimum Gasteiger partial charge on any atom is -0.493 e. The van der Waals surface area contributed by atoms with Crippen LogP contribution in [0.3, 0.4) is 0 Å². The van der Waals surface area contributed by atoms with Crippen LogP contribution in [0, 0.1) is 5.92 Å². The van der Waals surface area contributed by atoms with Gasteiger partial charge in [0.05, 0.1) is 6.61 Å². The number of ether oxygens (including phenoxy) is 1. The summed E-state index contributed by atoms with van der Waals surface area (Å²) in [5.74, 6) is 0.818. The van der Waals surface area contributed by atoms with E-state index < -0.39 is 6.04 Å². The van der Waals surface area contributed by atoms with Gasteiger partial charge in [-0.25, -0.2) is 0 Å². The fourth-order valence-corrected chi connectivity index (χ4v) is 3.15. The van der Waals surface area contributed by atoms with Crippen LogP contribution in [0.5, 0.6) is 5.75 Å². The van der Waals surface area contributed by atoms with Crippen molar-refractivity contribution in [2.45, 2.75) is 32.2 Å². The zero-order valence-corrected chi connectivity index (χ0v) is 14.5. The second kappa shape index (κ2) is 8.01. The zero-order chi connectivity index (χ0) is 17.6. The highest BCUT2D eigenvalue weighted by Gasteiger charge is 2.29. The second-order valence-corrected chi connectivity index (χ2v) is 6.53. The molecule has 1 aliphatic rings. The molecule has 1 aliphatic heterocycles. The van der Waals surface area contributed by atoms with E-state index in [1.807, 2.05) is 49.4 Å². The summed E-state index contributed by atoms with van der Waals surface area (Å²) in [5, 5.41) is 7.84. The van der Waals surface area contributed by atoms with Crippen molar-refractivity contribution in [1.82, 2.24) is 10.6 Å². The number of benzene rings is 2. The number of carbonyl (C=O) groups excluding carboxylic acids is 2. The molecule has 2 aromatic carbocycles. The van der Waals surface area contributed by atoms with Gasteiger partial charge >= 0.3 is 0 Å². The molecule has 5 heteroatoms. The molecule has 0 saturated carbocycles. The van der Waals surface area contributed by atoms with Gasteiger partial charge in [0.15, 0.2) is 0 Å². The minimum absolute atomic E-state index is 0.0842. The third-order valence-corrected chi connectivity index (χ3v) is 4.62. The summed E-state index contributed by atoms with van der Waals surface area (Å²) < 4.78 is 5.84. The summed E-state index contributed by atoms with van der Waals surface area (Å²) in [4.78, 5) is 23.9. The van der Waals surface area contributed by atoms with Gasteiger partial charge in [-0.1, -0.05) is 43.3 Å². The predicted octanol–water partition coefficient (Wildman–Crippen LogP) is 2.64. The van der Waals surface area contributed by atoms with Gasteiger partial charge in [0.25, 0.3) is 0 Å². The number of carbonyl (C=O) groups is 2. The van der Waals surface area contributed by atoms with E-state index >= 15 is 0 Å². The van der Waals surface area contributed by atoms with E-state index in [-0.39, 0.29) is 17.7 Å². The van der Waals surface area contributed by atoms with E-state index in [1.165, 1.54) is 0 Å². The molecule has 0 bridgehead atoms. The smallest absolute Gasteiger partial charge is 0.242 e. The first-order valence-electron chi connectivity index (χ1n) is 8.83. The van der Waals surface area contributed by atoms with E-state index in [1.54, 1.807) is 0 Å². The van der Waals surface area contributed by atoms with Gasteiger partial charge in [-0.3, -0.25) is 9.59 Å². The minimum atomic E-state index is -0.416. The summed E-state index contributed by atoms with van der Waals surface area (Å²) in [5.41, 5.74) is 0. The van der Waals surface area contributed by atoms with Crippen molar-refractivity contribution >= 4 is 22.6 Å². The Morgan fingerprint density at radius 2 is 2.04 bits per heavy atom. The molecule has 25 heavy (non-hydrogen) atoms. The van der Waals surface area contributed by atoms with Gasteiger partial charge in [0.2, 0.25) is 11.8 Å². The van der Waals surface area contributed by atoms with Crippen LogP contribution >= 0.6 is 0 Å². The highest BCUT2D eigenvalue weighted by molar-refractivity contribution is 5.89. The Bertz CT molecular complexity index is 754. The van der Waals surface area contributed by atoms with E-state index in [9.17, 15) is 9.59 Å². The molecule has 0 aliphatic carbocycles. The zero-order valence-electron chi connectivity index (χ0n) is 14.5. The molecule has 132 valence electrons. The Kier molecular flexibility index (Phi) is 5.53. The number of hydrogen-bond donors (Lipinski definition) is 2. The molecule has 2 N–H and O–H groups in total. The summed E-state index contributed by atoms with van der Waals surface area (Å²) in [7, 11) is 0. The maximum atomic E-state index is 12.1. The van der Waals surface area contributed by atoms with Crippen LogP contribution < -0.4 is 15.4 Å². The van der Waals surface area contributed by atoms with Crippen molar-refractivity contribution in [2.75, 3.05) is 13.2 Å². The number of nitrogens with one attached hydrogen (secondary N) is 2. The first-order valence-corrected chi connectivity index (χ1v) is 8.83. The molecule has 0 aromatic heterocycles. The van der Waals surface area contributed by atoms with Crippen LogP contribution in [0.25, 0.3) is 10.8 Å². The van der Waals surface area contributed by atoms with Crippen LogP contribution in [0.4, 0.5) is 0 Å². The first-order chi connectivity index (χ1) is 12.1. The number of rotatable bonds is 6. The van der Waals surface area contributed by atoms with Crippen LogP contribution in [0.15, 0.2) is 42.5 Å². The number of amides is 2. The summed E-state index contributed by atoms with van der Waals surface area (Å²) in [6.07, 6.45) is 1.85. The topological polar surface area (TPSA) is 67.4 Å². The molecule has 2 aromatic rings. The van der Waals surface area contributed by atoms with Gasteiger partial charge in [-0.15, -0.1) is 0 Å². The lowest BCUT2D eigenvalue weighted by atomic mass is 9.94. The Morgan fingerprint density at radius 3 is 2.88 bits per heavy atom. The van der Waals surface area contributed by atoms with Crippen LogP contribution in [-0.4, -0.2) is 31.0 Å². The molecule has 1 fully saturated rings. The van der Waals surface area contributed by atoms with Crippen molar-refractivity contribution in [1.29, 1.82) is 0 Å². The number of hydrogen-bond acceptors (Lipinski definition) is 3. The predicted molar refractivity (Wildman–Crippen MR) is 97.4 cm³/mol. The Hall–Kier alpha value is -2.56. The molecular weight excluding hydrogens is 316 g/mol. The average molecular weight is 340 g/mol. The average Bonchev–Trinajstić information content (AvgIpc) is 2.62.